The third-order valence-corrected chi connectivity index (χ3v) is 2.60. The number of aromatic carboxylic acids is 1. The maximum atomic E-state index is 10.9. The van der Waals surface area contributed by atoms with Crippen molar-refractivity contribution in [3.8, 4) is 11.5 Å². The molecule has 0 radical (unpaired) electrons. The van der Waals surface area contributed by atoms with Gasteiger partial charge in [-0.3, -0.25) is 0 Å². The summed E-state index contributed by atoms with van der Waals surface area (Å²) >= 11 is 0. The topological polar surface area (TPSA) is 68.9 Å². The molecule has 5 heteroatoms. The Kier molecular flexibility index (Phi) is 3.75. The highest BCUT2D eigenvalue weighted by Gasteiger charge is 2.14. The van der Waals surface area contributed by atoms with E-state index in [0.29, 0.717) is 22.8 Å². The molecule has 0 aliphatic rings. The highest BCUT2D eigenvalue weighted by Crippen LogP contribution is 2.27. The normalized spacial score (nSPS) is 10.2. The molecule has 0 unspecified atom stereocenters. The Labute approximate surface area is 110 Å². The third kappa shape index (κ3) is 2.88. The summed E-state index contributed by atoms with van der Waals surface area (Å²) in [5, 5.41) is 8.89. The van der Waals surface area contributed by atoms with Crippen LogP contribution in [-0.2, 0) is 6.61 Å². The zero-order valence-electron chi connectivity index (χ0n) is 10.7. The molecule has 0 saturated heterocycles. The molecule has 100 valence electrons. The van der Waals surface area contributed by atoms with E-state index in [-0.39, 0.29) is 12.4 Å². The summed E-state index contributed by atoms with van der Waals surface area (Å²) < 4.78 is 15.9. The van der Waals surface area contributed by atoms with Crippen LogP contribution in [-0.4, -0.2) is 18.2 Å². The number of benzene rings is 1. The van der Waals surface area contributed by atoms with E-state index in [2.05, 4.69) is 0 Å². The molecule has 0 amide bonds. The van der Waals surface area contributed by atoms with E-state index in [0.717, 1.165) is 0 Å². The van der Waals surface area contributed by atoms with Crippen LogP contribution in [0.5, 0.6) is 11.5 Å². The minimum atomic E-state index is -1.08. The van der Waals surface area contributed by atoms with Gasteiger partial charge in [0, 0.05) is 5.56 Å². The number of para-hydroxylation sites is 2. The molecule has 0 atom stereocenters. The molecule has 1 heterocycles. The van der Waals surface area contributed by atoms with Crippen molar-refractivity contribution in [3.63, 3.8) is 0 Å². The lowest BCUT2D eigenvalue weighted by molar-refractivity contribution is 0.0657. The number of hydrogen-bond acceptors (Lipinski definition) is 4. The van der Waals surface area contributed by atoms with Crippen molar-refractivity contribution >= 4 is 5.97 Å². The van der Waals surface area contributed by atoms with Crippen molar-refractivity contribution in [2.45, 2.75) is 13.5 Å². The number of aryl methyl sites for hydroxylation is 1. The van der Waals surface area contributed by atoms with Gasteiger partial charge in [0.1, 0.15) is 12.4 Å². The van der Waals surface area contributed by atoms with Gasteiger partial charge in [0.2, 0.25) is 5.76 Å². The second kappa shape index (κ2) is 5.48. The SMILES string of the molecule is COc1ccccc1OCc1cc(C)c(C(=O)O)o1. The van der Waals surface area contributed by atoms with Crippen molar-refractivity contribution in [1.29, 1.82) is 0 Å². The fourth-order valence-corrected chi connectivity index (χ4v) is 1.72. The number of hydrogen-bond donors (Lipinski definition) is 1. The van der Waals surface area contributed by atoms with Crippen LogP contribution < -0.4 is 9.47 Å². The summed E-state index contributed by atoms with van der Waals surface area (Å²) in [6.07, 6.45) is 0. The van der Waals surface area contributed by atoms with E-state index in [1.165, 1.54) is 0 Å². The van der Waals surface area contributed by atoms with Gasteiger partial charge in [-0.05, 0) is 25.1 Å². The van der Waals surface area contributed by atoms with Crippen LogP contribution in [0.15, 0.2) is 34.7 Å². The number of carbonyl (C=O) groups is 1. The molecule has 0 bridgehead atoms. The summed E-state index contributed by atoms with van der Waals surface area (Å²) in [6.45, 7) is 1.83. The molecule has 1 N–H and O–H groups in total. The van der Waals surface area contributed by atoms with Gasteiger partial charge in [-0.1, -0.05) is 12.1 Å². The molecule has 0 aliphatic carbocycles. The van der Waals surface area contributed by atoms with Crippen LogP contribution in [0, 0.1) is 6.92 Å². The maximum absolute atomic E-state index is 10.9. The molecule has 1 aromatic carbocycles. The number of furan rings is 1. The molecule has 5 nitrogen and oxygen atoms in total. The van der Waals surface area contributed by atoms with Crippen LogP contribution in [0.4, 0.5) is 0 Å². The average Bonchev–Trinajstić information content (AvgIpc) is 2.78. The van der Waals surface area contributed by atoms with E-state index in [4.69, 9.17) is 19.0 Å². The minimum absolute atomic E-state index is 0.0568. The Morgan fingerprint density at radius 3 is 2.58 bits per heavy atom. The number of carboxylic acid groups (broad SMARTS) is 1. The summed E-state index contributed by atoms with van der Waals surface area (Å²) in [7, 11) is 1.56. The Balaban J connectivity index is 2.10. The van der Waals surface area contributed by atoms with Gasteiger partial charge in [0.25, 0.3) is 0 Å². The van der Waals surface area contributed by atoms with E-state index >= 15 is 0 Å². The molecular formula is C14H14O5. The molecule has 1 aromatic heterocycles. The molecule has 2 aromatic rings. The van der Waals surface area contributed by atoms with E-state index in [9.17, 15) is 4.79 Å². The van der Waals surface area contributed by atoms with Gasteiger partial charge < -0.3 is 19.0 Å². The van der Waals surface area contributed by atoms with Crippen LogP contribution >= 0.6 is 0 Å². The Bertz CT molecular complexity index is 585. The van der Waals surface area contributed by atoms with Crippen molar-refractivity contribution in [2.24, 2.45) is 0 Å². The van der Waals surface area contributed by atoms with E-state index in [1.54, 1.807) is 32.2 Å². The van der Waals surface area contributed by atoms with Crippen molar-refractivity contribution in [1.82, 2.24) is 0 Å². The fourth-order valence-electron chi connectivity index (χ4n) is 1.72. The molecule has 2 rings (SSSR count). The Hall–Kier alpha value is -2.43. The Morgan fingerprint density at radius 2 is 2.00 bits per heavy atom. The van der Waals surface area contributed by atoms with Crippen molar-refractivity contribution in [3.05, 3.63) is 47.4 Å². The number of carboxylic acids is 1. The zero-order valence-corrected chi connectivity index (χ0v) is 10.7. The first-order valence-electron chi connectivity index (χ1n) is 5.70. The van der Waals surface area contributed by atoms with Gasteiger partial charge in [-0.15, -0.1) is 0 Å². The predicted molar refractivity (Wildman–Crippen MR) is 67.7 cm³/mol. The van der Waals surface area contributed by atoms with Gasteiger partial charge in [0.05, 0.1) is 7.11 Å². The molecular weight excluding hydrogens is 248 g/mol. The van der Waals surface area contributed by atoms with Gasteiger partial charge >= 0.3 is 5.97 Å². The summed E-state index contributed by atoms with van der Waals surface area (Å²) in [4.78, 5) is 10.9. The first kappa shape index (κ1) is 13.0. The minimum Gasteiger partial charge on any atom is -0.493 e. The second-order valence-corrected chi connectivity index (χ2v) is 3.97. The largest absolute Gasteiger partial charge is 0.493 e. The van der Waals surface area contributed by atoms with Crippen molar-refractivity contribution < 1.29 is 23.8 Å². The second-order valence-electron chi connectivity index (χ2n) is 3.97. The zero-order chi connectivity index (χ0) is 13.8. The lowest BCUT2D eigenvalue weighted by atomic mass is 10.2. The molecule has 0 aliphatic heterocycles. The highest BCUT2D eigenvalue weighted by atomic mass is 16.5. The highest BCUT2D eigenvalue weighted by molar-refractivity contribution is 5.86. The van der Waals surface area contributed by atoms with Crippen LogP contribution in [0.3, 0.4) is 0 Å². The first-order valence-corrected chi connectivity index (χ1v) is 5.70. The van der Waals surface area contributed by atoms with Crippen LogP contribution in [0.2, 0.25) is 0 Å². The van der Waals surface area contributed by atoms with E-state index in [1.807, 2.05) is 12.1 Å². The van der Waals surface area contributed by atoms with Gasteiger partial charge in [-0.25, -0.2) is 4.79 Å². The van der Waals surface area contributed by atoms with Gasteiger partial charge in [0.15, 0.2) is 11.5 Å². The lowest BCUT2D eigenvalue weighted by Gasteiger charge is -2.08. The number of ether oxygens (including phenoxy) is 2. The monoisotopic (exact) mass is 262 g/mol. The first-order chi connectivity index (χ1) is 9.11. The van der Waals surface area contributed by atoms with Gasteiger partial charge in [-0.2, -0.15) is 0 Å². The summed E-state index contributed by atoms with van der Waals surface area (Å²) in [5.74, 6) is 0.514. The number of methoxy groups -OCH3 is 1. The molecule has 0 fully saturated rings. The van der Waals surface area contributed by atoms with Crippen LogP contribution in [0.25, 0.3) is 0 Å². The molecule has 19 heavy (non-hydrogen) atoms. The summed E-state index contributed by atoms with van der Waals surface area (Å²) in [5.41, 5.74) is 0.575. The maximum Gasteiger partial charge on any atom is 0.372 e. The molecule has 0 saturated carbocycles. The quantitative estimate of drug-likeness (QED) is 0.897. The van der Waals surface area contributed by atoms with Crippen LogP contribution in [0.1, 0.15) is 21.9 Å². The molecule has 0 spiro atoms. The van der Waals surface area contributed by atoms with Crippen molar-refractivity contribution in [2.75, 3.05) is 7.11 Å². The number of rotatable bonds is 5. The third-order valence-electron chi connectivity index (χ3n) is 2.60. The Morgan fingerprint density at radius 1 is 1.32 bits per heavy atom. The average molecular weight is 262 g/mol. The predicted octanol–water partition coefficient (Wildman–Crippen LogP) is 2.87. The summed E-state index contributed by atoms with van der Waals surface area (Å²) in [6, 6.07) is 8.87. The van der Waals surface area contributed by atoms with E-state index < -0.39 is 5.97 Å². The lowest BCUT2D eigenvalue weighted by Crippen LogP contribution is -1.97. The smallest absolute Gasteiger partial charge is 0.372 e. The standard InChI is InChI=1S/C14H14O5/c1-9-7-10(19-13(9)14(15)16)8-18-12-6-4-3-5-11(12)17-2/h3-7H,8H2,1-2H3,(H,15,16). The fraction of sp³-hybridized carbons (Fsp3) is 0.214.